The molecule has 21 heavy (non-hydrogen) atoms. The van der Waals surface area contributed by atoms with Crippen LogP contribution in [0.5, 0.6) is 0 Å². The van der Waals surface area contributed by atoms with Gasteiger partial charge in [-0.1, -0.05) is 6.07 Å². The van der Waals surface area contributed by atoms with Gasteiger partial charge in [0.05, 0.1) is 11.1 Å². The lowest BCUT2D eigenvalue weighted by molar-refractivity contribution is 0.0783. The van der Waals surface area contributed by atoms with Crippen molar-refractivity contribution in [3.05, 3.63) is 60.3 Å². The number of aliphatic hydroxyl groups is 1. The Labute approximate surface area is 122 Å². The standard InChI is InChI=1S/C17H15FN2O/c1-17(2,21)13-6-11(8-19-10-13)12-7-14-15(18)4-3-5-16(14)20-9-12/h3-10,21H,1-2H3. The smallest absolute Gasteiger partial charge is 0.132 e. The number of halogens is 1. The molecule has 0 saturated heterocycles. The zero-order chi connectivity index (χ0) is 15.0. The molecule has 0 aliphatic rings. The van der Waals surface area contributed by atoms with Crippen LogP contribution in [0, 0.1) is 5.82 Å². The second-order valence-corrected chi connectivity index (χ2v) is 5.55. The predicted molar refractivity (Wildman–Crippen MR) is 80.2 cm³/mol. The fourth-order valence-corrected chi connectivity index (χ4v) is 2.20. The number of pyridine rings is 2. The number of aromatic nitrogens is 2. The highest BCUT2D eigenvalue weighted by Gasteiger charge is 2.17. The SMILES string of the molecule is CC(C)(O)c1cncc(-c2cnc3cccc(F)c3c2)c1. The first-order valence-corrected chi connectivity index (χ1v) is 6.68. The highest BCUT2D eigenvalue weighted by molar-refractivity contribution is 5.83. The molecule has 0 amide bonds. The van der Waals surface area contributed by atoms with Gasteiger partial charge >= 0.3 is 0 Å². The minimum atomic E-state index is -0.974. The minimum Gasteiger partial charge on any atom is -0.386 e. The molecule has 0 atom stereocenters. The number of nitrogens with zero attached hydrogens (tertiary/aromatic N) is 2. The maximum atomic E-state index is 13.9. The third-order valence-electron chi connectivity index (χ3n) is 3.45. The Kier molecular flexibility index (Phi) is 3.18. The first kappa shape index (κ1) is 13.6. The summed E-state index contributed by atoms with van der Waals surface area (Å²) in [6.07, 6.45) is 4.99. The first-order valence-electron chi connectivity index (χ1n) is 6.68. The lowest BCUT2D eigenvalue weighted by Gasteiger charge is -2.18. The molecule has 2 aromatic heterocycles. The molecular formula is C17H15FN2O. The molecule has 106 valence electrons. The normalized spacial score (nSPS) is 11.8. The van der Waals surface area contributed by atoms with Crippen molar-refractivity contribution in [1.82, 2.24) is 9.97 Å². The summed E-state index contributed by atoms with van der Waals surface area (Å²) in [6, 6.07) is 8.42. The first-order chi connectivity index (χ1) is 9.95. The molecule has 0 fully saturated rings. The molecule has 0 bridgehead atoms. The van der Waals surface area contributed by atoms with E-state index in [9.17, 15) is 9.50 Å². The molecule has 0 aliphatic heterocycles. The fraction of sp³-hybridized carbons (Fsp3) is 0.176. The van der Waals surface area contributed by atoms with Crippen molar-refractivity contribution in [2.75, 3.05) is 0 Å². The molecule has 0 saturated carbocycles. The van der Waals surface area contributed by atoms with Crippen LogP contribution in [0.2, 0.25) is 0 Å². The van der Waals surface area contributed by atoms with E-state index in [0.29, 0.717) is 16.5 Å². The summed E-state index contributed by atoms with van der Waals surface area (Å²) in [7, 11) is 0. The Bertz CT molecular complexity index is 809. The van der Waals surface area contributed by atoms with Gasteiger partial charge in [0.1, 0.15) is 5.82 Å². The van der Waals surface area contributed by atoms with Crippen LogP contribution < -0.4 is 0 Å². The van der Waals surface area contributed by atoms with Crippen molar-refractivity contribution >= 4 is 10.9 Å². The maximum Gasteiger partial charge on any atom is 0.132 e. The quantitative estimate of drug-likeness (QED) is 0.780. The molecule has 3 nitrogen and oxygen atoms in total. The van der Waals surface area contributed by atoms with Crippen LogP contribution in [-0.2, 0) is 5.60 Å². The lowest BCUT2D eigenvalue weighted by Crippen LogP contribution is -2.15. The number of hydrogen-bond donors (Lipinski definition) is 1. The molecular weight excluding hydrogens is 267 g/mol. The fourth-order valence-electron chi connectivity index (χ4n) is 2.20. The summed E-state index contributed by atoms with van der Waals surface area (Å²) in [5.41, 5.74) is 1.91. The molecule has 3 rings (SSSR count). The summed E-state index contributed by atoms with van der Waals surface area (Å²) < 4.78 is 13.9. The van der Waals surface area contributed by atoms with E-state index in [1.807, 2.05) is 6.07 Å². The van der Waals surface area contributed by atoms with Gasteiger partial charge in [-0.15, -0.1) is 0 Å². The summed E-state index contributed by atoms with van der Waals surface area (Å²) >= 11 is 0. The topological polar surface area (TPSA) is 46.0 Å². The second kappa shape index (κ2) is 4.90. The Morgan fingerprint density at radius 2 is 1.81 bits per heavy atom. The minimum absolute atomic E-state index is 0.298. The van der Waals surface area contributed by atoms with E-state index >= 15 is 0 Å². The summed E-state index contributed by atoms with van der Waals surface area (Å²) in [4.78, 5) is 8.43. The van der Waals surface area contributed by atoms with Gasteiger partial charge in [-0.25, -0.2) is 4.39 Å². The van der Waals surface area contributed by atoms with E-state index in [4.69, 9.17) is 0 Å². The Morgan fingerprint density at radius 3 is 2.57 bits per heavy atom. The van der Waals surface area contributed by atoms with Gasteiger partial charge in [-0.2, -0.15) is 0 Å². The van der Waals surface area contributed by atoms with Gasteiger partial charge in [-0.05, 0) is 38.1 Å². The van der Waals surface area contributed by atoms with Gasteiger partial charge in [0.15, 0.2) is 0 Å². The number of benzene rings is 1. The molecule has 0 radical (unpaired) electrons. The highest BCUT2D eigenvalue weighted by atomic mass is 19.1. The van der Waals surface area contributed by atoms with Crippen molar-refractivity contribution in [3.8, 4) is 11.1 Å². The van der Waals surface area contributed by atoms with Crippen molar-refractivity contribution in [2.45, 2.75) is 19.4 Å². The van der Waals surface area contributed by atoms with E-state index in [-0.39, 0.29) is 5.82 Å². The Balaban J connectivity index is 2.15. The van der Waals surface area contributed by atoms with Gasteiger partial charge in [0.25, 0.3) is 0 Å². The van der Waals surface area contributed by atoms with E-state index in [0.717, 1.165) is 11.1 Å². The summed E-state index contributed by atoms with van der Waals surface area (Å²) in [5, 5.41) is 10.5. The van der Waals surface area contributed by atoms with E-state index in [2.05, 4.69) is 9.97 Å². The molecule has 3 aromatic rings. The molecule has 0 unspecified atom stereocenters. The van der Waals surface area contributed by atoms with Crippen LogP contribution in [0.3, 0.4) is 0 Å². The van der Waals surface area contributed by atoms with Crippen LogP contribution in [0.4, 0.5) is 4.39 Å². The second-order valence-electron chi connectivity index (χ2n) is 5.55. The molecule has 4 heteroatoms. The van der Waals surface area contributed by atoms with E-state index in [1.54, 1.807) is 50.6 Å². The zero-order valence-corrected chi connectivity index (χ0v) is 11.8. The molecule has 0 spiro atoms. The Hall–Kier alpha value is -2.33. The van der Waals surface area contributed by atoms with Gasteiger partial charge in [-0.3, -0.25) is 9.97 Å². The van der Waals surface area contributed by atoms with Crippen LogP contribution in [0.25, 0.3) is 22.0 Å². The summed E-state index contributed by atoms with van der Waals surface area (Å²) in [5.74, 6) is -0.298. The van der Waals surface area contributed by atoms with Crippen molar-refractivity contribution in [2.24, 2.45) is 0 Å². The van der Waals surface area contributed by atoms with Gasteiger partial charge in [0, 0.05) is 40.7 Å². The third kappa shape index (κ3) is 2.62. The number of fused-ring (bicyclic) bond motifs is 1. The maximum absolute atomic E-state index is 13.9. The molecule has 1 aromatic carbocycles. The molecule has 2 heterocycles. The van der Waals surface area contributed by atoms with Crippen molar-refractivity contribution in [3.63, 3.8) is 0 Å². The van der Waals surface area contributed by atoms with Crippen molar-refractivity contribution in [1.29, 1.82) is 0 Å². The number of rotatable bonds is 2. The van der Waals surface area contributed by atoms with Crippen molar-refractivity contribution < 1.29 is 9.50 Å². The van der Waals surface area contributed by atoms with Crippen LogP contribution in [-0.4, -0.2) is 15.1 Å². The largest absolute Gasteiger partial charge is 0.386 e. The highest BCUT2D eigenvalue weighted by Crippen LogP contribution is 2.27. The molecule has 1 N–H and O–H groups in total. The van der Waals surface area contributed by atoms with Crippen LogP contribution in [0.15, 0.2) is 48.9 Å². The monoisotopic (exact) mass is 282 g/mol. The third-order valence-corrected chi connectivity index (χ3v) is 3.45. The average molecular weight is 282 g/mol. The van der Waals surface area contributed by atoms with Gasteiger partial charge < -0.3 is 5.11 Å². The Morgan fingerprint density at radius 1 is 1.05 bits per heavy atom. The number of hydrogen-bond acceptors (Lipinski definition) is 3. The average Bonchev–Trinajstić information content (AvgIpc) is 2.47. The van der Waals surface area contributed by atoms with Crippen LogP contribution in [0.1, 0.15) is 19.4 Å². The molecule has 0 aliphatic carbocycles. The van der Waals surface area contributed by atoms with E-state index < -0.39 is 5.60 Å². The van der Waals surface area contributed by atoms with Crippen LogP contribution >= 0.6 is 0 Å². The van der Waals surface area contributed by atoms with Gasteiger partial charge in [0.2, 0.25) is 0 Å². The predicted octanol–water partition coefficient (Wildman–Crippen LogP) is 3.66. The summed E-state index contributed by atoms with van der Waals surface area (Å²) in [6.45, 7) is 3.40. The van der Waals surface area contributed by atoms with E-state index in [1.165, 1.54) is 6.07 Å². The zero-order valence-electron chi connectivity index (χ0n) is 11.8. The lowest BCUT2D eigenvalue weighted by atomic mass is 9.97.